The zero-order valence-electron chi connectivity index (χ0n) is 16.4. The summed E-state index contributed by atoms with van der Waals surface area (Å²) in [4.78, 5) is 25.7. The van der Waals surface area contributed by atoms with Gasteiger partial charge in [0, 0.05) is 0 Å². The minimum atomic E-state index is -0.681. The first kappa shape index (κ1) is 20.8. The summed E-state index contributed by atoms with van der Waals surface area (Å²) in [6.45, 7) is 2.67. The van der Waals surface area contributed by atoms with Gasteiger partial charge < -0.3 is 9.84 Å². The Labute approximate surface area is 172 Å². The fraction of sp³-hybridized carbons (Fsp3) is 0.174. The molecule has 1 unspecified atom stereocenters. The third-order valence-electron chi connectivity index (χ3n) is 4.88. The van der Waals surface area contributed by atoms with Gasteiger partial charge in [-0.1, -0.05) is 30.3 Å². The lowest BCUT2D eigenvalue weighted by Gasteiger charge is -2.21. The van der Waals surface area contributed by atoms with Crippen LogP contribution in [0.25, 0.3) is 0 Å². The Morgan fingerprint density at radius 2 is 1.83 bits per heavy atom. The number of carbonyl (C=O) groups is 1. The molecule has 7 heteroatoms. The van der Waals surface area contributed by atoms with E-state index < -0.39 is 35.7 Å². The Morgan fingerprint density at radius 3 is 2.43 bits per heavy atom. The highest BCUT2D eigenvalue weighted by atomic mass is 19.1. The van der Waals surface area contributed by atoms with E-state index in [1.165, 1.54) is 31.2 Å². The summed E-state index contributed by atoms with van der Waals surface area (Å²) in [5.74, 6) is -1.31. The summed E-state index contributed by atoms with van der Waals surface area (Å²) in [5.41, 5.74) is -0.246. The SMILES string of the molecule is Cc1c(C(=O)COc2ccc(F)cc2)c(O)n(C(C)c2ccccc2)c(=O)c1C#N. The second kappa shape index (κ2) is 8.62. The second-order valence-corrected chi connectivity index (χ2v) is 6.74. The molecule has 0 bridgehead atoms. The topological polar surface area (TPSA) is 92.3 Å². The Kier molecular flexibility index (Phi) is 5.98. The first-order valence-corrected chi connectivity index (χ1v) is 9.19. The van der Waals surface area contributed by atoms with Crippen LogP contribution in [0.5, 0.6) is 11.6 Å². The number of benzene rings is 2. The predicted octanol–water partition coefficient (Wildman–Crippen LogP) is 3.74. The van der Waals surface area contributed by atoms with Crippen LogP contribution in [0.3, 0.4) is 0 Å². The molecule has 30 heavy (non-hydrogen) atoms. The molecule has 1 N–H and O–H groups in total. The smallest absolute Gasteiger partial charge is 0.272 e. The second-order valence-electron chi connectivity index (χ2n) is 6.74. The number of Topliss-reactive ketones (excluding diaryl/α,β-unsaturated/α-hetero) is 1. The van der Waals surface area contributed by atoms with Crippen LogP contribution < -0.4 is 10.3 Å². The molecule has 3 rings (SSSR count). The van der Waals surface area contributed by atoms with Crippen LogP contribution in [-0.2, 0) is 0 Å². The van der Waals surface area contributed by atoms with E-state index in [1.807, 2.05) is 12.1 Å². The highest BCUT2D eigenvalue weighted by Gasteiger charge is 2.26. The highest BCUT2D eigenvalue weighted by Crippen LogP contribution is 2.28. The van der Waals surface area contributed by atoms with Crippen LogP contribution in [0.2, 0.25) is 0 Å². The number of hydrogen-bond donors (Lipinski definition) is 1. The quantitative estimate of drug-likeness (QED) is 0.630. The normalized spacial score (nSPS) is 11.5. The Hall–Kier alpha value is -3.92. The number of rotatable bonds is 6. The number of nitriles is 1. The van der Waals surface area contributed by atoms with E-state index in [-0.39, 0.29) is 22.4 Å². The van der Waals surface area contributed by atoms with E-state index in [2.05, 4.69) is 0 Å². The average molecular weight is 406 g/mol. The molecule has 0 fully saturated rings. The Morgan fingerprint density at radius 1 is 1.20 bits per heavy atom. The van der Waals surface area contributed by atoms with Gasteiger partial charge in [0.05, 0.1) is 11.6 Å². The standard InChI is InChI=1S/C23H19FN2O4/c1-14-19(12-25)22(28)26(15(2)16-6-4-3-5-7-16)23(29)21(14)20(27)13-30-18-10-8-17(24)9-11-18/h3-11,15,29H,13H2,1-2H3. The lowest BCUT2D eigenvalue weighted by molar-refractivity contribution is 0.0916. The van der Waals surface area contributed by atoms with Gasteiger partial charge in [-0.25, -0.2) is 4.39 Å². The van der Waals surface area contributed by atoms with Crippen LogP contribution >= 0.6 is 0 Å². The number of aromatic hydroxyl groups is 1. The number of carbonyl (C=O) groups excluding carboxylic acids is 1. The summed E-state index contributed by atoms with van der Waals surface area (Å²) in [5, 5.41) is 20.3. The Bertz CT molecular complexity index is 1180. The van der Waals surface area contributed by atoms with E-state index in [4.69, 9.17) is 4.74 Å². The molecule has 1 aromatic heterocycles. The number of halogens is 1. The van der Waals surface area contributed by atoms with E-state index >= 15 is 0 Å². The minimum absolute atomic E-state index is 0.0872. The first-order chi connectivity index (χ1) is 14.3. The molecule has 6 nitrogen and oxygen atoms in total. The average Bonchev–Trinajstić information content (AvgIpc) is 2.74. The fourth-order valence-corrected chi connectivity index (χ4v) is 3.25. The molecule has 0 saturated carbocycles. The predicted molar refractivity (Wildman–Crippen MR) is 108 cm³/mol. The lowest BCUT2D eigenvalue weighted by Crippen LogP contribution is -2.30. The molecule has 0 spiro atoms. The van der Waals surface area contributed by atoms with Crippen molar-refractivity contribution in [2.75, 3.05) is 6.61 Å². The van der Waals surface area contributed by atoms with E-state index in [0.29, 0.717) is 0 Å². The van der Waals surface area contributed by atoms with Crippen molar-refractivity contribution in [1.82, 2.24) is 4.57 Å². The van der Waals surface area contributed by atoms with Crippen LogP contribution in [0.4, 0.5) is 4.39 Å². The van der Waals surface area contributed by atoms with Crippen molar-refractivity contribution >= 4 is 5.78 Å². The van der Waals surface area contributed by atoms with Crippen LogP contribution in [0.15, 0.2) is 59.4 Å². The van der Waals surface area contributed by atoms with Crippen molar-refractivity contribution in [3.8, 4) is 17.7 Å². The number of ether oxygens (including phenoxy) is 1. The van der Waals surface area contributed by atoms with Crippen molar-refractivity contribution in [1.29, 1.82) is 5.26 Å². The van der Waals surface area contributed by atoms with Crippen LogP contribution in [0, 0.1) is 24.1 Å². The van der Waals surface area contributed by atoms with Gasteiger partial charge in [0.1, 0.15) is 23.2 Å². The number of pyridine rings is 1. The summed E-state index contributed by atoms with van der Waals surface area (Å²) in [6.07, 6.45) is 0. The molecular weight excluding hydrogens is 387 g/mol. The van der Waals surface area contributed by atoms with Gasteiger partial charge in [0.2, 0.25) is 11.7 Å². The summed E-state index contributed by atoms with van der Waals surface area (Å²) < 4.78 is 19.4. The van der Waals surface area contributed by atoms with E-state index in [0.717, 1.165) is 10.1 Å². The van der Waals surface area contributed by atoms with Crippen LogP contribution in [0.1, 0.15) is 40.0 Å². The molecule has 0 saturated heterocycles. The number of aromatic nitrogens is 1. The molecule has 1 atom stereocenters. The van der Waals surface area contributed by atoms with Crippen molar-refractivity contribution in [2.24, 2.45) is 0 Å². The molecule has 0 aliphatic heterocycles. The van der Waals surface area contributed by atoms with Gasteiger partial charge in [0.25, 0.3) is 5.56 Å². The number of hydrogen-bond acceptors (Lipinski definition) is 5. The maximum Gasteiger partial charge on any atom is 0.272 e. The molecule has 0 radical (unpaired) electrons. The van der Waals surface area contributed by atoms with E-state index in [9.17, 15) is 24.3 Å². The fourth-order valence-electron chi connectivity index (χ4n) is 3.25. The summed E-state index contributed by atoms with van der Waals surface area (Å²) in [6, 6.07) is 15.3. The maximum absolute atomic E-state index is 13.0. The monoisotopic (exact) mass is 406 g/mol. The van der Waals surface area contributed by atoms with Gasteiger partial charge in [-0.2, -0.15) is 5.26 Å². The number of nitrogens with zero attached hydrogens (tertiary/aromatic N) is 2. The van der Waals surface area contributed by atoms with Crippen molar-refractivity contribution < 1.29 is 19.0 Å². The van der Waals surface area contributed by atoms with Gasteiger partial charge in [0.15, 0.2) is 6.61 Å². The molecule has 0 amide bonds. The minimum Gasteiger partial charge on any atom is -0.494 e. The third-order valence-corrected chi connectivity index (χ3v) is 4.88. The van der Waals surface area contributed by atoms with Gasteiger partial charge in [-0.3, -0.25) is 14.2 Å². The molecule has 3 aromatic rings. The largest absolute Gasteiger partial charge is 0.494 e. The summed E-state index contributed by atoms with van der Waals surface area (Å²) >= 11 is 0. The first-order valence-electron chi connectivity index (χ1n) is 9.19. The molecule has 0 aliphatic rings. The van der Waals surface area contributed by atoms with Crippen molar-refractivity contribution in [2.45, 2.75) is 19.9 Å². The maximum atomic E-state index is 13.0. The van der Waals surface area contributed by atoms with E-state index in [1.54, 1.807) is 31.2 Å². The zero-order chi connectivity index (χ0) is 21.8. The Balaban J connectivity index is 2.03. The molecule has 0 aliphatic carbocycles. The number of ketones is 1. The van der Waals surface area contributed by atoms with Gasteiger partial charge >= 0.3 is 0 Å². The highest BCUT2D eigenvalue weighted by molar-refractivity contribution is 6.01. The molecule has 1 heterocycles. The molecule has 2 aromatic carbocycles. The lowest BCUT2D eigenvalue weighted by atomic mass is 10.00. The van der Waals surface area contributed by atoms with Crippen molar-refractivity contribution in [3.63, 3.8) is 0 Å². The molecular formula is C23H19FN2O4. The summed E-state index contributed by atoms with van der Waals surface area (Å²) in [7, 11) is 0. The zero-order valence-corrected chi connectivity index (χ0v) is 16.4. The van der Waals surface area contributed by atoms with Gasteiger partial charge in [-0.15, -0.1) is 0 Å². The van der Waals surface area contributed by atoms with Gasteiger partial charge in [-0.05, 0) is 49.2 Å². The van der Waals surface area contributed by atoms with Crippen LogP contribution in [-0.4, -0.2) is 22.1 Å². The molecule has 152 valence electrons. The third kappa shape index (κ3) is 3.94. The van der Waals surface area contributed by atoms with Crippen molar-refractivity contribution in [3.05, 3.63) is 93.0 Å².